The molecule has 1 aromatic rings. The molecule has 0 unspecified atom stereocenters. The van der Waals surface area contributed by atoms with E-state index in [9.17, 15) is 4.79 Å². The number of nitrogens with zero attached hydrogens (tertiary/aromatic N) is 1. The lowest BCUT2D eigenvalue weighted by molar-refractivity contribution is 0.0981. The van der Waals surface area contributed by atoms with E-state index in [0.29, 0.717) is 24.3 Å². The maximum Gasteiger partial charge on any atom is 0.165 e. The van der Waals surface area contributed by atoms with Crippen molar-refractivity contribution in [1.82, 2.24) is 10.3 Å². The fourth-order valence-corrected chi connectivity index (χ4v) is 1.43. The molecule has 0 saturated carbocycles. The third-order valence-electron chi connectivity index (χ3n) is 2.19. The van der Waals surface area contributed by atoms with Crippen molar-refractivity contribution >= 4 is 5.78 Å². The molecular formula is C13H20N2O2. The van der Waals surface area contributed by atoms with Crippen LogP contribution in [0.4, 0.5) is 0 Å². The minimum Gasteiger partial charge on any atom is -0.489 e. The van der Waals surface area contributed by atoms with Gasteiger partial charge in [0.25, 0.3) is 0 Å². The maximum atomic E-state index is 11.8. The zero-order valence-electron chi connectivity index (χ0n) is 10.7. The van der Waals surface area contributed by atoms with Gasteiger partial charge in [0.15, 0.2) is 5.78 Å². The summed E-state index contributed by atoms with van der Waals surface area (Å²) in [6, 6.07) is 1.75. The van der Waals surface area contributed by atoms with Crippen LogP contribution in [0.25, 0.3) is 0 Å². The summed E-state index contributed by atoms with van der Waals surface area (Å²) < 4.78 is 5.50. The van der Waals surface area contributed by atoms with Crippen LogP contribution in [0.5, 0.6) is 5.75 Å². The van der Waals surface area contributed by atoms with Gasteiger partial charge in [-0.3, -0.25) is 9.78 Å². The van der Waals surface area contributed by atoms with Crippen LogP contribution in [-0.4, -0.2) is 30.0 Å². The molecule has 0 aliphatic heterocycles. The van der Waals surface area contributed by atoms with Gasteiger partial charge < -0.3 is 10.1 Å². The lowest BCUT2D eigenvalue weighted by Gasteiger charge is -2.10. The van der Waals surface area contributed by atoms with Crippen molar-refractivity contribution in [1.29, 1.82) is 0 Å². The molecule has 0 amide bonds. The number of carbonyl (C=O) groups excluding carboxylic acids is 1. The number of nitrogens with one attached hydrogen (secondary N) is 1. The molecule has 0 fully saturated rings. The Morgan fingerprint density at radius 1 is 1.47 bits per heavy atom. The van der Waals surface area contributed by atoms with Gasteiger partial charge in [-0.1, -0.05) is 6.92 Å². The first-order valence-electron chi connectivity index (χ1n) is 5.99. The number of ether oxygens (including phenoxy) is 1. The lowest BCUT2D eigenvalue weighted by Crippen LogP contribution is -2.17. The van der Waals surface area contributed by atoms with Crippen molar-refractivity contribution in [3.05, 3.63) is 24.0 Å². The topological polar surface area (TPSA) is 51.2 Å². The molecule has 1 aromatic heterocycles. The van der Waals surface area contributed by atoms with Crippen LogP contribution in [0.3, 0.4) is 0 Å². The number of carbonyl (C=O) groups is 1. The van der Waals surface area contributed by atoms with E-state index in [2.05, 4.69) is 10.3 Å². The Morgan fingerprint density at radius 3 is 2.88 bits per heavy atom. The second-order valence-corrected chi connectivity index (χ2v) is 4.10. The highest BCUT2D eigenvalue weighted by atomic mass is 16.5. The molecule has 4 nitrogen and oxygen atoms in total. The third-order valence-corrected chi connectivity index (χ3v) is 2.19. The van der Waals surface area contributed by atoms with Gasteiger partial charge in [-0.05, 0) is 26.5 Å². The molecule has 94 valence electrons. The first-order valence-corrected chi connectivity index (χ1v) is 5.99. The summed E-state index contributed by atoms with van der Waals surface area (Å²) in [5.74, 6) is 0.738. The minimum absolute atomic E-state index is 0.0870. The van der Waals surface area contributed by atoms with Gasteiger partial charge in [-0.25, -0.2) is 0 Å². The van der Waals surface area contributed by atoms with E-state index >= 15 is 0 Å². The molecule has 0 radical (unpaired) electrons. The van der Waals surface area contributed by atoms with Crippen molar-refractivity contribution < 1.29 is 9.53 Å². The molecule has 1 rings (SSSR count). The zero-order chi connectivity index (χ0) is 12.7. The molecule has 1 N–H and O–H groups in total. The molecule has 0 aliphatic rings. The molecule has 0 aliphatic carbocycles. The van der Waals surface area contributed by atoms with E-state index in [1.807, 2.05) is 20.8 Å². The molecule has 0 spiro atoms. The van der Waals surface area contributed by atoms with Crippen molar-refractivity contribution in [2.45, 2.75) is 33.3 Å². The number of hydrogen-bond donors (Lipinski definition) is 1. The average Bonchev–Trinajstić information content (AvgIpc) is 2.28. The number of Topliss-reactive ketones (excluding diaryl/α,β-unsaturated/α-hetero) is 1. The Morgan fingerprint density at radius 2 is 2.24 bits per heavy atom. The van der Waals surface area contributed by atoms with Gasteiger partial charge in [0.1, 0.15) is 5.75 Å². The van der Waals surface area contributed by atoms with Gasteiger partial charge in [-0.15, -0.1) is 0 Å². The lowest BCUT2D eigenvalue weighted by atomic mass is 10.1. The monoisotopic (exact) mass is 236 g/mol. The van der Waals surface area contributed by atoms with E-state index < -0.39 is 0 Å². The molecule has 0 atom stereocenters. The summed E-state index contributed by atoms with van der Waals surface area (Å²) in [6.07, 6.45) is 3.78. The molecule has 1 heterocycles. The number of pyridine rings is 1. The third kappa shape index (κ3) is 4.95. The number of rotatable bonds is 7. The Hall–Kier alpha value is -1.42. The highest BCUT2D eigenvalue weighted by Gasteiger charge is 2.07. The zero-order valence-corrected chi connectivity index (χ0v) is 10.7. The molecule has 0 saturated heterocycles. The highest BCUT2D eigenvalue weighted by Crippen LogP contribution is 2.14. The fourth-order valence-electron chi connectivity index (χ4n) is 1.43. The Labute approximate surface area is 102 Å². The summed E-state index contributed by atoms with van der Waals surface area (Å²) in [5, 5.41) is 3.12. The maximum absolute atomic E-state index is 11.8. The molecule has 4 heteroatoms. The van der Waals surface area contributed by atoms with Crippen LogP contribution < -0.4 is 10.1 Å². The largest absolute Gasteiger partial charge is 0.489 e. The Kier molecular flexibility index (Phi) is 5.63. The van der Waals surface area contributed by atoms with E-state index in [0.717, 1.165) is 6.54 Å². The van der Waals surface area contributed by atoms with Gasteiger partial charge in [-0.2, -0.15) is 0 Å². The standard InChI is InChI=1S/C13H20N2O2/c1-4-14-6-5-13(16)11-7-12(9-15-8-11)17-10(2)3/h7-10,14H,4-6H2,1-3H3. The number of aromatic nitrogens is 1. The second-order valence-electron chi connectivity index (χ2n) is 4.10. The quantitative estimate of drug-likeness (QED) is 0.581. The van der Waals surface area contributed by atoms with Crippen LogP contribution in [0.2, 0.25) is 0 Å². The van der Waals surface area contributed by atoms with Gasteiger partial charge in [0, 0.05) is 24.7 Å². The van der Waals surface area contributed by atoms with Gasteiger partial charge >= 0.3 is 0 Å². The van der Waals surface area contributed by atoms with Crippen LogP contribution in [0.1, 0.15) is 37.6 Å². The van der Waals surface area contributed by atoms with Crippen molar-refractivity contribution in [3.63, 3.8) is 0 Å². The SMILES string of the molecule is CCNCCC(=O)c1cncc(OC(C)C)c1. The first-order chi connectivity index (χ1) is 8.13. The van der Waals surface area contributed by atoms with E-state index in [4.69, 9.17) is 4.74 Å². The summed E-state index contributed by atoms with van der Waals surface area (Å²) in [7, 11) is 0. The van der Waals surface area contributed by atoms with Crippen molar-refractivity contribution in [2.75, 3.05) is 13.1 Å². The molecular weight excluding hydrogens is 216 g/mol. The molecule has 0 aromatic carbocycles. The van der Waals surface area contributed by atoms with Gasteiger partial charge in [0.05, 0.1) is 12.3 Å². The van der Waals surface area contributed by atoms with E-state index in [-0.39, 0.29) is 11.9 Å². The normalized spacial score (nSPS) is 10.6. The summed E-state index contributed by atoms with van der Waals surface area (Å²) in [5.41, 5.74) is 0.612. The molecule has 0 bridgehead atoms. The summed E-state index contributed by atoms with van der Waals surface area (Å²) in [4.78, 5) is 15.8. The van der Waals surface area contributed by atoms with Crippen molar-refractivity contribution in [2.24, 2.45) is 0 Å². The van der Waals surface area contributed by atoms with E-state index in [1.165, 1.54) is 0 Å². The molecule has 17 heavy (non-hydrogen) atoms. The van der Waals surface area contributed by atoms with Crippen molar-refractivity contribution in [3.8, 4) is 5.75 Å². The predicted molar refractivity (Wildman–Crippen MR) is 67.5 cm³/mol. The van der Waals surface area contributed by atoms with Crippen LogP contribution >= 0.6 is 0 Å². The fraction of sp³-hybridized carbons (Fsp3) is 0.538. The first kappa shape index (κ1) is 13.6. The summed E-state index contributed by atoms with van der Waals surface area (Å²) >= 11 is 0. The predicted octanol–water partition coefficient (Wildman–Crippen LogP) is 2.05. The summed E-state index contributed by atoms with van der Waals surface area (Å²) in [6.45, 7) is 7.48. The van der Waals surface area contributed by atoms with E-state index in [1.54, 1.807) is 18.5 Å². The Bertz CT molecular complexity index is 364. The highest BCUT2D eigenvalue weighted by molar-refractivity contribution is 5.96. The second kappa shape index (κ2) is 7.01. The number of ketones is 1. The minimum atomic E-state index is 0.0870. The van der Waals surface area contributed by atoms with Crippen LogP contribution in [0, 0.1) is 0 Å². The Balaban J connectivity index is 2.60. The average molecular weight is 236 g/mol. The van der Waals surface area contributed by atoms with Gasteiger partial charge in [0.2, 0.25) is 0 Å². The smallest absolute Gasteiger partial charge is 0.165 e. The number of hydrogen-bond acceptors (Lipinski definition) is 4. The van der Waals surface area contributed by atoms with Crippen LogP contribution in [-0.2, 0) is 0 Å². The van der Waals surface area contributed by atoms with Crippen LogP contribution in [0.15, 0.2) is 18.5 Å².